The first-order valence-electron chi connectivity index (χ1n) is 4.36. The summed E-state index contributed by atoms with van der Waals surface area (Å²) in [6, 6.07) is 0. The summed E-state index contributed by atoms with van der Waals surface area (Å²) in [4.78, 5) is 5.69. The fraction of sp³-hybridized carbons (Fsp3) is 0.500. The highest BCUT2D eigenvalue weighted by Gasteiger charge is 2.02. The maximum Gasteiger partial charge on any atom is 0.0903 e. The second kappa shape index (κ2) is 4.91. The minimum absolute atomic E-state index is 0.958. The van der Waals surface area contributed by atoms with Gasteiger partial charge in [-0.25, -0.2) is 4.98 Å². The van der Waals surface area contributed by atoms with Crippen LogP contribution in [0.3, 0.4) is 0 Å². The van der Waals surface area contributed by atoms with Gasteiger partial charge in [0.15, 0.2) is 0 Å². The molecule has 3 heteroatoms. The molecule has 13 heavy (non-hydrogen) atoms. The third-order valence-corrected chi connectivity index (χ3v) is 3.64. The molecule has 1 aromatic heterocycles. The van der Waals surface area contributed by atoms with E-state index in [0.717, 1.165) is 22.5 Å². The van der Waals surface area contributed by atoms with Gasteiger partial charge in [0.25, 0.3) is 0 Å². The third kappa shape index (κ3) is 2.92. The fourth-order valence-electron chi connectivity index (χ4n) is 1.10. The van der Waals surface area contributed by atoms with Crippen LogP contribution in [-0.2, 0) is 0 Å². The van der Waals surface area contributed by atoms with Crippen LogP contribution in [0, 0.1) is 13.8 Å². The average molecular weight is 260 g/mol. The maximum atomic E-state index is 4.39. The van der Waals surface area contributed by atoms with Gasteiger partial charge >= 0.3 is 0 Å². The first-order valence-corrected chi connectivity index (χ1v) is 6.30. The van der Waals surface area contributed by atoms with Crippen molar-refractivity contribution in [1.29, 1.82) is 0 Å². The van der Waals surface area contributed by atoms with Gasteiger partial charge in [-0.2, -0.15) is 0 Å². The van der Waals surface area contributed by atoms with Crippen LogP contribution in [0.2, 0.25) is 0 Å². The second-order valence-corrected chi connectivity index (χ2v) is 4.77. The molecular weight excluding hydrogens is 246 g/mol. The van der Waals surface area contributed by atoms with E-state index in [2.05, 4.69) is 47.8 Å². The number of thiazole rings is 1. The lowest BCUT2D eigenvalue weighted by Gasteiger charge is -1.97. The first-order chi connectivity index (χ1) is 6.17. The van der Waals surface area contributed by atoms with Crippen LogP contribution in [0.25, 0.3) is 6.08 Å². The van der Waals surface area contributed by atoms with Crippen LogP contribution in [0.5, 0.6) is 0 Å². The molecule has 0 saturated heterocycles. The Morgan fingerprint density at radius 3 is 2.62 bits per heavy atom. The van der Waals surface area contributed by atoms with Gasteiger partial charge in [-0.1, -0.05) is 28.4 Å². The number of allylic oxidation sites excluding steroid dienone is 1. The molecule has 0 bridgehead atoms. The Morgan fingerprint density at radius 1 is 1.54 bits per heavy atom. The van der Waals surface area contributed by atoms with Gasteiger partial charge < -0.3 is 0 Å². The summed E-state index contributed by atoms with van der Waals surface area (Å²) >= 11 is 5.25. The quantitative estimate of drug-likeness (QED) is 0.750. The van der Waals surface area contributed by atoms with Gasteiger partial charge in [-0.05, 0) is 26.3 Å². The highest BCUT2D eigenvalue weighted by molar-refractivity contribution is 9.09. The van der Waals surface area contributed by atoms with Gasteiger partial charge in [0, 0.05) is 5.33 Å². The zero-order valence-corrected chi connectivity index (χ0v) is 10.6. The lowest BCUT2D eigenvalue weighted by atomic mass is 10.2. The molecule has 0 amide bonds. The molecule has 1 aromatic rings. The molecule has 0 aliphatic carbocycles. The minimum atomic E-state index is 0.958. The van der Waals surface area contributed by atoms with Crippen LogP contribution in [0.1, 0.15) is 28.9 Å². The zero-order chi connectivity index (χ0) is 9.84. The zero-order valence-electron chi connectivity index (χ0n) is 8.22. The second-order valence-electron chi connectivity index (χ2n) is 2.97. The third-order valence-electron chi connectivity index (χ3n) is 1.90. The van der Waals surface area contributed by atoms with Crippen molar-refractivity contribution in [3.05, 3.63) is 21.2 Å². The Bertz CT molecular complexity index is 309. The predicted octanol–water partition coefficient (Wildman–Crippen LogP) is 3.95. The van der Waals surface area contributed by atoms with Crippen molar-refractivity contribution in [1.82, 2.24) is 4.98 Å². The van der Waals surface area contributed by atoms with Gasteiger partial charge in [-0.15, -0.1) is 11.3 Å². The normalized spacial score (nSPS) is 12.2. The fourth-order valence-corrected chi connectivity index (χ4v) is 2.58. The van der Waals surface area contributed by atoms with E-state index in [1.807, 2.05) is 0 Å². The number of hydrogen-bond acceptors (Lipinski definition) is 2. The van der Waals surface area contributed by atoms with E-state index in [9.17, 15) is 0 Å². The largest absolute Gasteiger partial charge is 0.246 e. The van der Waals surface area contributed by atoms with E-state index in [0.29, 0.717) is 0 Å². The molecule has 0 saturated carbocycles. The molecule has 0 aromatic carbocycles. The number of hydrogen-bond donors (Lipinski definition) is 0. The van der Waals surface area contributed by atoms with Gasteiger partial charge in [0.05, 0.1) is 15.6 Å². The highest BCUT2D eigenvalue weighted by atomic mass is 79.9. The molecule has 1 heterocycles. The summed E-state index contributed by atoms with van der Waals surface area (Å²) in [7, 11) is 0. The number of rotatable bonds is 3. The summed E-state index contributed by atoms with van der Waals surface area (Å²) in [5, 5.41) is 2.11. The van der Waals surface area contributed by atoms with Gasteiger partial charge in [-0.3, -0.25) is 0 Å². The van der Waals surface area contributed by atoms with Crippen molar-refractivity contribution in [2.24, 2.45) is 0 Å². The Hall–Kier alpha value is -0.150. The summed E-state index contributed by atoms with van der Waals surface area (Å²) < 4.78 is 0. The summed E-state index contributed by atoms with van der Waals surface area (Å²) in [6.45, 7) is 6.29. The van der Waals surface area contributed by atoms with Crippen molar-refractivity contribution in [3.8, 4) is 0 Å². The molecule has 0 aliphatic rings. The van der Waals surface area contributed by atoms with Gasteiger partial charge in [0.1, 0.15) is 0 Å². The van der Waals surface area contributed by atoms with Crippen molar-refractivity contribution < 1.29 is 0 Å². The first kappa shape index (κ1) is 10.9. The molecule has 0 unspecified atom stereocenters. The van der Waals surface area contributed by atoms with Crippen LogP contribution in [0.15, 0.2) is 5.57 Å². The molecule has 72 valence electrons. The van der Waals surface area contributed by atoms with E-state index in [-0.39, 0.29) is 0 Å². The van der Waals surface area contributed by atoms with E-state index in [1.165, 1.54) is 10.5 Å². The van der Waals surface area contributed by atoms with Gasteiger partial charge in [0.2, 0.25) is 0 Å². The number of nitrogens with zero attached hydrogens (tertiary/aromatic N) is 1. The molecule has 0 fully saturated rings. The Kier molecular flexibility index (Phi) is 4.13. The van der Waals surface area contributed by atoms with E-state index < -0.39 is 0 Å². The summed E-state index contributed by atoms with van der Waals surface area (Å²) in [5.74, 6) is 0. The molecule has 0 atom stereocenters. The van der Waals surface area contributed by atoms with Crippen molar-refractivity contribution in [3.63, 3.8) is 0 Å². The van der Waals surface area contributed by atoms with Crippen LogP contribution in [0.4, 0.5) is 0 Å². The molecule has 0 spiro atoms. The smallest absolute Gasteiger partial charge is 0.0903 e. The molecule has 0 N–H and O–H groups in total. The number of aryl methyl sites for hydroxylation is 2. The van der Waals surface area contributed by atoms with Crippen LogP contribution < -0.4 is 0 Å². The van der Waals surface area contributed by atoms with Crippen LogP contribution >= 0.6 is 27.3 Å². The predicted molar refractivity (Wildman–Crippen MR) is 63.7 cm³/mol. The molecule has 0 aliphatic heterocycles. The Balaban J connectivity index is 2.95. The van der Waals surface area contributed by atoms with Crippen molar-refractivity contribution >= 4 is 33.3 Å². The van der Waals surface area contributed by atoms with Crippen LogP contribution in [-0.4, -0.2) is 10.3 Å². The monoisotopic (exact) mass is 259 g/mol. The number of aromatic nitrogens is 1. The molecular formula is C10H14BrNS. The van der Waals surface area contributed by atoms with E-state index >= 15 is 0 Å². The Labute approximate surface area is 92.0 Å². The Morgan fingerprint density at radius 2 is 2.23 bits per heavy atom. The maximum absolute atomic E-state index is 4.39. The number of alkyl halides is 1. The lowest BCUT2D eigenvalue weighted by Crippen LogP contribution is -1.81. The highest BCUT2D eigenvalue weighted by Crippen LogP contribution is 2.21. The molecule has 0 radical (unpaired) electrons. The summed E-state index contributed by atoms with van der Waals surface area (Å²) in [5.41, 5.74) is 2.57. The van der Waals surface area contributed by atoms with E-state index in [4.69, 9.17) is 0 Å². The van der Waals surface area contributed by atoms with Crippen molar-refractivity contribution in [2.75, 3.05) is 5.33 Å². The topological polar surface area (TPSA) is 12.9 Å². The SMILES string of the molecule is CCC(=Cc1sc(C)nc1C)CBr. The van der Waals surface area contributed by atoms with Crippen molar-refractivity contribution in [2.45, 2.75) is 27.2 Å². The summed E-state index contributed by atoms with van der Waals surface area (Å²) in [6.07, 6.45) is 3.34. The minimum Gasteiger partial charge on any atom is -0.246 e. The van der Waals surface area contributed by atoms with E-state index in [1.54, 1.807) is 11.3 Å². The standard InChI is InChI=1S/C10H14BrNS/c1-4-9(6-11)5-10-7(2)12-8(3)13-10/h5H,4,6H2,1-3H3. The number of halogens is 1. The molecule has 1 nitrogen and oxygen atoms in total. The molecule has 1 rings (SSSR count). The lowest BCUT2D eigenvalue weighted by molar-refractivity contribution is 1.12. The average Bonchev–Trinajstić information content (AvgIpc) is 2.41.